The molecule has 2 aliphatic heterocycles. The largest absolute Gasteiger partial charge is 0.383 e. The van der Waals surface area contributed by atoms with Crippen LogP contribution >= 0.6 is 0 Å². The Bertz CT molecular complexity index is 812. The van der Waals surface area contributed by atoms with Gasteiger partial charge in [-0.15, -0.1) is 0 Å². The van der Waals surface area contributed by atoms with Gasteiger partial charge >= 0.3 is 0 Å². The van der Waals surface area contributed by atoms with Crippen molar-refractivity contribution in [1.82, 2.24) is 9.80 Å². The number of aliphatic hydroxyl groups is 1. The molecule has 5 nitrogen and oxygen atoms in total. The summed E-state index contributed by atoms with van der Waals surface area (Å²) in [6, 6.07) is 20.1. The Morgan fingerprint density at radius 3 is 2.43 bits per heavy atom. The second-order valence-electron chi connectivity index (χ2n) is 7.75. The lowest BCUT2D eigenvalue weighted by Crippen LogP contribution is -2.62. The highest BCUT2D eigenvalue weighted by Crippen LogP contribution is 2.36. The van der Waals surface area contributed by atoms with Crippen molar-refractivity contribution in [2.75, 3.05) is 39.4 Å². The fraction of sp³-hybridized carbons (Fsp3) is 0.435. The van der Waals surface area contributed by atoms with Crippen LogP contribution < -0.4 is 0 Å². The summed E-state index contributed by atoms with van der Waals surface area (Å²) in [7, 11) is 0. The predicted octanol–water partition coefficient (Wildman–Crippen LogP) is 2.35. The van der Waals surface area contributed by atoms with Gasteiger partial charge in [-0.1, -0.05) is 42.5 Å². The molecule has 2 aliphatic rings. The molecule has 5 heteroatoms. The van der Waals surface area contributed by atoms with Crippen molar-refractivity contribution < 1.29 is 9.84 Å². The van der Waals surface area contributed by atoms with Gasteiger partial charge in [0.2, 0.25) is 0 Å². The van der Waals surface area contributed by atoms with Gasteiger partial charge in [-0.2, -0.15) is 5.26 Å². The maximum absolute atomic E-state index is 11.8. The van der Waals surface area contributed by atoms with Gasteiger partial charge in [-0.05, 0) is 29.7 Å². The highest BCUT2D eigenvalue weighted by molar-refractivity contribution is 5.32. The number of hydrogen-bond acceptors (Lipinski definition) is 5. The zero-order valence-electron chi connectivity index (χ0n) is 16.1. The van der Waals surface area contributed by atoms with Gasteiger partial charge in [0, 0.05) is 32.7 Å². The molecule has 0 unspecified atom stereocenters. The fourth-order valence-corrected chi connectivity index (χ4v) is 4.44. The highest BCUT2D eigenvalue weighted by Gasteiger charge is 2.45. The van der Waals surface area contributed by atoms with Crippen molar-refractivity contribution >= 4 is 0 Å². The van der Waals surface area contributed by atoms with E-state index in [0.717, 1.165) is 51.5 Å². The minimum absolute atomic E-state index is 0.0333. The summed E-state index contributed by atoms with van der Waals surface area (Å²) in [5.41, 5.74) is 2.04. The average molecular weight is 377 g/mol. The zero-order chi connectivity index (χ0) is 19.4. The Morgan fingerprint density at radius 2 is 1.75 bits per heavy atom. The summed E-state index contributed by atoms with van der Waals surface area (Å²) < 4.78 is 5.55. The van der Waals surface area contributed by atoms with Gasteiger partial charge in [0.15, 0.2) is 0 Å². The third-order valence-corrected chi connectivity index (χ3v) is 6.04. The number of likely N-dealkylation sites (tertiary alicyclic amines) is 1. The number of rotatable bonds is 4. The lowest BCUT2D eigenvalue weighted by atomic mass is 9.79. The van der Waals surface area contributed by atoms with E-state index in [1.807, 2.05) is 54.6 Å². The number of ether oxygens (including phenoxy) is 1. The molecule has 0 amide bonds. The first-order valence-electron chi connectivity index (χ1n) is 10.00. The smallest absolute Gasteiger partial charge is 0.108 e. The van der Waals surface area contributed by atoms with Crippen LogP contribution in [0.4, 0.5) is 0 Å². The normalized spacial score (nSPS) is 26.6. The summed E-state index contributed by atoms with van der Waals surface area (Å²) in [6.07, 6.45) is 0.704. The third kappa shape index (κ3) is 3.96. The molecule has 146 valence electrons. The standard InChI is InChI=1S/C23H27N3O2/c24-16-19-6-8-20(9-7-19)17-25-11-10-23(27,21-4-2-1-3-5-21)22(18-25)26-12-14-28-15-13-26/h1-9,22,27H,10-15,17-18H2/t22-,23+/m1/s1. The van der Waals surface area contributed by atoms with Gasteiger partial charge in [-0.3, -0.25) is 9.80 Å². The molecule has 1 N–H and O–H groups in total. The van der Waals surface area contributed by atoms with Crippen LogP contribution in [0.3, 0.4) is 0 Å². The maximum atomic E-state index is 11.8. The van der Waals surface area contributed by atoms with Crippen molar-refractivity contribution in [3.63, 3.8) is 0 Å². The van der Waals surface area contributed by atoms with E-state index in [0.29, 0.717) is 12.0 Å². The van der Waals surface area contributed by atoms with Crippen molar-refractivity contribution in [3.8, 4) is 6.07 Å². The summed E-state index contributed by atoms with van der Waals surface area (Å²) in [5, 5.41) is 20.8. The van der Waals surface area contributed by atoms with E-state index >= 15 is 0 Å². The number of morpholine rings is 1. The van der Waals surface area contributed by atoms with Crippen LogP contribution in [0.25, 0.3) is 0 Å². The summed E-state index contributed by atoms with van der Waals surface area (Å²) in [5.74, 6) is 0. The van der Waals surface area contributed by atoms with Crippen LogP contribution in [0.1, 0.15) is 23.1 Å². The van der Waals surface area contributed by atoms with Crippen LogP contribution in [-0.2, 0) is 16.9 Å². The van der Waals surface area contributed by atoms with E-state index < -0.39 is 5.60 Å². The van der Waals surface area contributed by atoms with Crippen LogP contribution in [0.2, 0.25) is 0 Å². The number of hydrogen-bond donors (Lipinski definition) is 1. The summed E-state index contributed by atoms with van der Waals surface area (Å²) in [4.78, 5) is 4.81. The van der Waals surface area contributed by atoms with Gasteiger partial charge in [-0.25, -0.2) is 0 Å². The Labute approximate surface area is 166 Å². The van der Waals surface area contributed by atoms with E-state index in [4.69, 9.17) is 10.00 Å². The number of benzene rings is 2. The van der Waals surface area contributed by atoms with Crippen LogP contribution in [0, 0.1) is 11.3 Å². The van der Waals surface area contributed by atoms with E-state index in [1.54, 1.807) is 0 Å². The Hall–Kier alpha value is -2.23. The topological polar surface area (TPSA) is 59.7 Å². The molecule has 2 fully saturated rings. The molecule has 2 atom stereocenters. The average Bonchev–Trinajstić information content (AvgIpc) is 2.77. The van der Waals surface area contributed by atoms with E-state index in [2.05, 4.69) is 15.9 Å². The van der Waals surface area contributed by atoms with E-state index in [1.165, 1.54) is 5.56 Å². The van der Waals surface area contributed by atoms with Crippen molar-refractivity contribution in [1.29, 1.82) is 5.26 Å². The molecule has 0 spiro atoms. The molecule has 2 saturated heterocycles. The first-order valence-corrected chi connectivity index (χ1v) is 10.00. The van der Waals surface area contributed by atoms with Crippen LogP contribution in [0.5, 0.6) is 0 Å². The summed E-state index contributed by atoms with van der Waals surface area (Å²) >= 11 is 0. The van der Waals surface area contributed by atoms with Crippen LogP contribution in [0.15, 0.2) is 54.6 Å². The second-order valence-corrected chi connectivity index (χ2v) is 7.75. The van der Waals surface area contributed by atoms with Gasteiger partial charge in [0.25, 0.3) is 0 Å². The lowest BCUT2D eigenvalue weighted by Gasteiger charge is -2.50. The molecule has 0 saturated carbocycles. The molecular weight excluding hydrogens is 350 g/mol. The molecule has 2 aromatic rings. The minimum Gasteiger partial charge on any atom is -0.383 e. The molecule has 2 heterocycles. The summed E-state index contributed by atoms with van der Waals surface area (Å²) in [6.45, 7) is 5.62. The Kier molecular flexibility index (Phi) is 5.74. The van der Waals surface area contributed by atoms with Gasteiger partial charge in [0.1, 0.15) is 5.60 Å². The highest BCUT2D eigenvalue weighted by atomic mass is 16.5. The molecule has 4 rings (SSSR count). The molecule has 2 aromatic carbocycles. The maximum Gasteiger partial charge on any atom is 0.108 e. The molecule has 0 radical (unpaired) electrons. The van der Waals surface area contributed by atoms with E-state index in [-0.39, 0.29) is 6.04 Å². The third-order valence-electron chi connectivity index (χ3n) is 6.04. The first-order chi connectivity index (χ1) is 13.7. The lowest BCUT2D eigenvalue weighted by molar-refractivity contribution is -0.119. The SMILES string of the molecule is N#Cc1ccc(CN2CC[C@](O)(c3ccccc3)[C@H](N3CCOCC3)C2)cc1. The predicted molar refractivity (Wildman–Crippen MR) is 108 cm³/mol. The van der Waals surface area contributed by atoms with Crippen molar-refractivity contribution in [2.45, 2.75) is 24.6 Å². The number of piperidine rings is 1. The quantitative estimate of drug-likeness (QED) is 0.886. The Morgan fingerprint density at radius 1 is 1.04 bits per heavy atom. The first kappa shape index (κ1) is 19.1. The number of nitrogens with zero attached hydrogens (tertiary/aromatic N) is 3. The van der Waals surface area contributed by atoms with Crippen molar-refractivity contribution in [3.05, 3.63) is 71.3 Å². The molecule has 0 aromatic heterocycles. The molecule has 28 heavy (non-hydrogen) atoms. The zero-order valence-corrected chi connectivity index (χ0v) is 16.1. The molecular formula is C23H27N3O2. The van der Waals surface area contributed by atoms with E-state index in [9.17, 15) is 5.11 Å². The molecule has 0 aliphatic carbocycles. The molecule has 0 bridgehead atoms. The van der Waals surface area contributed by atoms with Crippen molar-refractivity contribution in [2.24, 2.45) is 0 Å². The van der Waals surface area contributed by atoms with Gasteiger partial charge in [0.05, 0.1) is 30.9 Å². The number of nitriles is 1. The minimum atomic E-state index is -0.847. The van der Waals surface area contributed by atoms with Crippen LogP contribution in [-0.4, -0.2) is 60.3 Å². The fourth-order valence-electron chi connectivity index (χ4n) is 4.44. The van der Waals surface area contributed by atoms with Gasteiger partial charge < -0.3 is 9.84 Å². The monoisotopic (exact) mass is 377 g/mol. The Balaban J connectivity index is 1.55. The second kappa shape index (κ2) is 8.42.